The molecule has 0 bridgehead atoms. The molecule has 1 rings (SSSR count). The highest BCUT2D eigenvalue weighted by atomic mass is 79.9. The summed E-state index contributed by atoms with van der Waals surface area (Å²) in [6.45, 7) is 6.05. The van der Waals surface area contributed by atoms with E-state index in [0.29, 0.717) is 13.0 Å². The molecule has 1 aromatic rings. The number of methoxy groups -OCH3 is 1. The molecule has 0 saturated carbocycles. The molecule has 5 heteroatoms. The van der Waals surface area contributed by atoms with Gasteiger partial charge in [0.05, 0.1) is 12.2 Å². The van der Waals surface area contributed by atoms with E-state index >= 15 is 0 Å². The minimum absolute atomic E-state index is 0.270. The summed E-state index contributed by atoms with van der Waals surface area (Å²) in [6.07, 6.45) is 0.518. The zero-order valence-corrected chi connectivity index (χ0v) is 14.0. The van der Waals surface area contributed by atoms with Crippen molar-refractivity contribution in [1.82, 2.24) is 0 Å². The zero-order chi connectivity index (χ0) is 15.2. The van der Waals surface area contributed by atoms with Crippen LogP contribution in [0.15, 0.2) is 28.7 Å². The van der Waals surface area contributed by atoms with Gasteiger partial charge >= 0.3 is 5.97 Å². The number of carbonyl (C=O) groups excluding carboxylic acids is 1. The summed E-state index contributed by atoms with van der Waals surface area (Å²) in [5, 5.41) is 3.22. The van der Waals surface area contributed by atoms with Crippen LogP contribution < -0.4 is 5.32 Å². The van der Waals surface area contributed by atoms with E-state index in [-0.39, 0.29) is 5.97 Å². The van der Waals surface area contributed by atoms with Crippen LogP contribution >= 0.6 is 15.9 Å². The lowest BCUT2D eigenvalue weighted by Crippen LogP contribution is -2.39. The van der Waals surface area contributed by atoms with E-state index in [1.165, 1.54) is 0 Å². The van der Waals surface area contributed by atoms with Crippen LogP contribution in [0.2, 0.25) is 0 Å². The number of hydrogen-bond acceptors (Lipinski definition) is 4. The molecule has 0 saturated heterocycles. The fraction of sp³-hybridized carbons (Fsp3) is 0.533. The molecule has 0 spiro atoms. The Labute approximate surface area is 129 Å². The van der Waals surface area contributed by atoms with E-state index in [4.69, 9.17) is 9.47 Å². The Balaban J connectivity index is 2.88. The SMILES string of the molecule is CCOC(=O)C(CC(C)(C)OC)Nc1ccccc1Br. The average molecular weight is 344 g/mol. The molecule has 112 valence electrons. The Morgan fingerprint density at radius 3 is 2.60 bits per heavy atom. The molecule has 1 atom stereocenters. The third-order valence-corrected chi connectivity index (χ3v) is 3.71. The molecule has 1 unspecified atom stereocenters. The van der Waals surface area contributed by atoms with Crippen molar-refractivity contribution in [2.24, 2.45) is 0 Å². The molecule has 0 amide bonds. The number of para-hydroxylation sites is 1. The molecule has 0 fully saturated rings. The van der Waals surface area contributed by atoms with E-state index < -0.39 is 11.6 Å². The summed E-state index contributed by atoms with van der Waals surface area (Å²) in [5.41, 5.74) is 0.448. The van der Waals surface area contributed by atoms with E-state index in [0.717, 1.165) is 10.2 Å². The molecular weight excluding hydrogens is 322 g/mol. The average Bonchev–Trinajstić information content (AvgIpc) is 2.40. The highest BCUT2D eigenvalue weighted by molar-refractivity contribution is 9.10. The van der Waals surface area contributed by atoms with Crippen LogP contribution in [0, 0.1) is 0 Å². The van der Waals surface area contributed by atoms with Gasteiger partial charge in [-0.2, -0.15) is 0 Å². The first-order chi connectivity index (χ1) is 9.39. The van der Waals surface area contributed by atoms with Gasteiger partial charge in [0, 0.05) is 23.7 Å². The van der Waals surface area contributed by atoms with Gasteiger partial charge in [-0.3, -0.25) is 0 Å². The zero-order valence-electron chi connectivity index (χ0n) is 12.4. The number of carbonyl (C=O) groups is 1. The lowest BCUT2D eigenvalue weighted by molar-refractivity contribution is -0.145. The predicted molar refractivity (Wildman–Crippen MR) is 83.9 cm³/mol. The lowest BCUT2D eigenvalue weighted by atomic mass is 9.98. The van der Waals surface area contributed by atoms with E-state index in [9.17, 15) is 4.79 Å². The van der Waals surface area contributed by atoms with Crippen molar-refractivity contribution in [2.45, 2.75) is 38.8 Å². The fourth-order valence-corrected chi connectivity index (χ4v) is 2.18. The first-order valence-electron chi connectivity index (χ1n) is 6.62. The highest BCUT2D eigenvalue weighted by Crippen LogP contribution is 2.25. The minimum Gasteiger partial charge on any atom is -0.464 e. The van der Waals surface area contributed by atoms with Crippen LogP contribution in [0.5, 0.6) is 0 Å². The third-order valence-electron chi connectivity index (χ3n) is 3.02. The fourth-order valence-electron chi connectivity index (χ4n) is 1.78. The topological polar surface area (TPSA) is 47.6 Å². The summed E-state index contributed by atoms with van der Waals surface area (Å²) < 4.78 is 11.4. The molecular formula is C15H22BrNO3. The summed E-state index contributed by atoms with van der Waals surface area (Å²) in [5.74, 6) is -0.270. The molecule has 20 heavy (non-hydrogen) atoms. The molecule has 0 heterocycles. The van der Waals surface area contributed by atoms with Gasteiger partial charge in [-0.05, 0) is 48.8 Å². The Morgan fingerprint density at radius 1 is 1.40 bits per heavy atom. The molecule has 1 aromatic carbocycles. The van der Waals surface area contributed by atoms with E-state index in [2.05, 4.69) is 21.2 Å². The number of ether oxygens (including phenoxy) is 2. The summed E-state index contributed by atoms with van der Waals surface area (Å²) >= 11 is 3.46. The maximum atomic E-state index is 12.1. The van der Waals surface area contributed by atoms with Gasteiger partial charge in [-0.25, -0.2) is 4.79 Å². The quantitative estimate of drug-likeness (QED) is 0.768. The Morgan fingerprint density at radius 2 is 2.05 bits per heavy atom. The number of anilines is 1. The first kappa shape index (κ1) is 17.0. The number of halogens is 1. The van der Waals surface area contributed by atoms with Crippen LogP contribution in [-0.2, 0) is 14.3 Å². The first-order valence-corrected chi connectivity index (χ1v) is 7.41. The Hall–Kier alpha value is -1.07. The monoisotopic (exact) mass is 343 g/mol. The van der Waals surface area contributed by atoms with Crippen molar-refractivity contribution in [3.63, 3.8) is 0 Å². The van der Waals surface area contributed by atoms with Crippen LogP contribution in [0.4, 0.5) is 5.69 Å². The lowest BCUT2D eigenvalue weighted by Gasteiger charge is -2.28. The third kappa shape index (κ3) is 5.13. The maximum absolute atomic E-state index is 12.1. The van der Waals surface area contributed by atoms with Crippen molar-refractivity contribution in [2.75, 3.05) is 19.0 Å². The molecule has 0 radical (unpaired) electrons. The number of benzene rings is 1. The van der Waals surface area contributed by atoms with Crippen molar-refractivity contribution in [1.29, 1.82) is 0 Å². The molecule has 0 aromatic heterocycles. The van der Waals surface area contributed by atoms with Gasteiger partial charge in [0.2, 0.25) is 0 Å². The van der Waals surface area contributed by atoms with Gasteiger partial charge in [0.1, 0.15) is 6.04 Å². The van der Waals surface area contributed by atoms with E-state index in [1.54, 1.807) is 14.0 Å². The number of nitrogens with one attached hydrogen (secondary N) is 1. The predicted octanol–water partition coefficient (Wildman–Crippen LogP) is 3.61. The van der Waals surface area contributed by atoms with Crippen LogP contribution in [0.25, 0.3) is 0 Å². The smallest absolute Gasteiger partial charge is 0.328 e. The van der Waals surface area contributed by atoms with Gasteiger partial charge in [-0.1, -0.05) is 12.1 Å². The van der Waals surface area contributed by atoms with E-state index in [1.807, 2.05) is 38.1 Å². The number of hydrogen-bond donors (Lipinski definition) is 1. The molecule has 0 aliphatic rings. The molecule has 0 aliphatic carbocycles. The van der Waals surface area contributed by atoms with Gasteiger partial charge < -0.3 is 14.8 Å². The molecule has 0 aliphatic heterocycles. The minimum atomic E-state index is -0.455. The second kappa shape index (κ2) is 7.64. The van der Waals surface area contributed by atoms with Crippen LogP contribution in [0.3, 0.4) is 0 Å². The molecule has 1 N–H and O–H groups in total. The highest BCUT2D eigenvalue weighted by Gasteiger charge is 2.29. The Kier molecular flexibility index (Phi) is 6.49. The summed E-state index contributed by atoms with van der Waals surface area (Å²) in [6, 6.07) is 7.22. The van der Waals surface area contributed by atoms with Crippen molar-refractivity contribution >= 4 is 27.6 Å². The van der Waals surface area contributed by atoms with Gasteiger partial charge in [-0.15, -0.1) is 0 Å². The van der Waals surface area contributed by atoms with Crippen molar-refractivity contribution in [3.8, 4) is 0 Å². The van der Waals surface area contributed by atoms with Crippen LogP contribution in [0.1, 0.15) is 27.2 Å². The van der Waals surface area contributed by atoms with Gasteiger partial charge in [0.25, 0.3) is 0 Å². The summed E-state index contributed by atoms with van der Waals surface area (Å²) in [4.78, 5) is 12.1. The van der Waals surface area contributed by atoms with Crippen molar-refractivity contribution in [3.05, 3.63) is 28.7 Å². The van der Waals surface area contributed by atoms with Gasteiger partial charge in [0.15, 0.2) is 0 Å². The van der Waals surface area contributed by atoms with Crippen LogP contribution in [-0.4, -0.2) is 31.3 Å². The summed E-state index contributed by atoms with van der Waals surface area (Å²) in [7, 11) is 1.64. The Bertz CT molecular complexity index is 448. The number of esters is 1. The second-order valence-corrected chi connectivity index (χ2v) is 5.95. The normalized spacial score (nSPS) is 12.8. The standard InChI is InChI=1S/C15H22BrNO3/c1-5-20-14(18)13(10-15(2,3)19-4)17-12-9-7-6-8-11(12)16/h6-9,13,17H,5,10H2,1-4H3. The molecule has 4 nitrogen and oxygen atoms in total. The number of rotatable bonds is 7. The second-order valence-electron chi connectivity index (χ2n) is 5.10. The largest absolute Gasteiger partial charge is 0.464 e. The van der Waals surface area contributed by atoms with Crippen molar-refractivity contribution < 1.29 is 14.3 Å². The maximum Gasteiger partial charge on any atom is 0.328 e.